The van der Waals surface area contributed by atoms with Crippen LogP contribution in [0.4, 0.5) is 0 Å². The molecule has 2 amide bonds. The number of amides is 2. The lowest BCUT2D eigenvalue weighted by atomic mass is 10.0. The zero-order chi connectivity index (χ0) is 24.4. The van der Waals surface area contributed by atoms with Crippen molar-refractivity contribution in [3.8, 4) is 11.5 Å². The van der Waals surface area contributed by atoms with Crippen molar-refractivity contribution in [1.82, 2.24) is 9.80 Å². The molecule has 0 radical (unpaired) electrons. The van der Waals surface area contributed by atoms with Gasteiger partial charge in [-0.2, -0.15) is 4.99 Å². The molecular formula is C25H21N3O6. The first kappa shape index (κ1) is 22.7. The third-order valence-electron chi connectivity index (χ3n) is 5.12. The summed E-state index contributed by atoms with van der Waals surface area (Å²) in [7, 11) is 1.56. The number of hydrogen-bond donors (Lipinski definition) is 0. The van der Waals surface area contributed by atoms with Crippen LogP contribution in [0.1, 0.15) is 29.8 Å². The van der Waals surface area contributed by atoms with Crippen LogP contribution in [0.25, 0.3) is 6.08 Å². The molecule has 0 spiro atoms. The highest BCUT2D eigenvalue weighted by atomic mass is 16.5. The molecule has 0 unspecified atom stereocenters. The second-order valence-electron chi connectivity index (χ2n) is 7.45. The molecule has 0 N–H and O–H groups in total. The molecule has 9 heteroatoms. The highest BCUT2D eigenvalue weighted by Crippen LogP contribution is 2.30. The number of carbonyl (C=O) groups is 4. The summed E-state index contributed by atoms with van der Waals surface area (Å²) in [5, 5.41) is 0. The maximum atomic E-state index is 13.3. The standard InChI is InChI=1S/C25H21N3O6/c1-4-33-17-11-9-16(10-12-17)13-20-23(31)28(25(27(20)3)26-15(2)29)14-19-22(30)18-7-5-6-8-21(18)34-24(19)32/h5-14H,4H2,1-3H3/b19-14+,20-13-,26-25?. The van der Waals surface area contributed by atoms with E-state index in [1.165, 1.54) is 24.0 Å². The quantitative estimate of drug-likeness (QED) is 0.300. The molecule has 1 fully saturated rings. The number of hydrogen-bond acceptors (Lipinski definition) is 6. The molecule has 9 nitrogen and oxygen atoms in total. The molecule has 2 aliphatic rings. The Morgan fingerprint density at radius 3 is 2.47 bits per heavy atom. The molecule has 0 saturated carbocycles. The smallest absolute Gasteiger partial charge is 0.349 e. The Morgan fingerprint density at radius 2 is 1.79 bits per heavy atom. The van der Waals surface area contributed by atoms with E-state index >= 15 is 0 Å². The fraction of sp³-hybridized carbons (Fsp3) is 0.160. The molecule has 2 heterocycles. The number of nitrogens with zero attached hydrogens (tertiary/aromatic N) is 3. The van der Waals surface area contributed by atoms with Crippen LogP contribution >= 0.6 is 0 Å². The Kier molecular flexibility index (Phi) is 6.09. The fourth-order valence-electron chi connectivity index (χ4n) is 3.53. The molecule has 2 aromatic carbocycles. The largest absolute Gasteiger partial charge is 0.494 e. The molecule has 172 valence electrons. The van der Waals surface area contributed by atoms with Gasteiger partial charge in [-0.3, -0.25) is 19.3 Å². The number of aliphatic imine (C=N–C) groups is 1. The lowest BCUT2D eigenvalue weighted by Gasteiger charge is -2.19. The van der Waals surface area contributed by atoms with Crippen molar-refractivity contribution in [3.63, 3.8) is 0 Å². The van der Waals surface area contributed by atoms with E-state index in [1.807, 2.05) is 6.92 Å². The van der Waals surface area contributed by atoms with Gasteiger partial charge >= 0.3 is 5.97 Å². The van der Waals surface area contributed by atoms with E-state index < -0.39 is 23.6 Å². The zero-order valence-electron chi connectivity index (χ0n) is 18.8. The second-order valence-corrected chi connectivity index (χ2v) is 7.45. The van der Waals surface area contributed by atoms with Gasteiger partial charge < -0.3 is 14.4 Å². The summed E-state index contributed by atoms with van der Waals surface area (Å²) in [6, 6.07) is 13.4. The Labute approximate surface area is 195 Å². The van der Waals surface area contributed by atoms with Crippen LogP contribution in [0.2, 0.25) is 0 Å². The van der Waals surface area contributed by atoms with E-state index in [2.05, 4.69) is 4.99 Å². The fourth-order valence-corrected chi connectivity index (χ4v) is 3.53. The summed E-state index contributed by atoms with van der Waals surface area (Å²) in [6.07, 6.45) is 2.68. The summed E-state index contributed by atoms with van der Waals surface area (Å²) < 4.78 is 10.7. The first-order valence-electron chi connectivity index (χ1n) is 10.5. The molecule has 34 heavy (non-hydrogen) atoms. The average molecular weight is 459 g/mol. The number of benzene rings is 2. The van der Waals surface area contributed by atoms with Crippen molar-refractivity contribution in [2.75, 3.05) is 13.7 Å². The average Bonchev–Trinajstić information content (AvgIpc) is 3.01. The van der Waals surface area contributed by atoms with Gasteiger partial charge in [0.05, 0.1) is 12.2 Å². The topological polar surface area (TPSA) is 106 Å². The highest BCUT2D eigenvalue weighted by Gasteiger charge is 2.39. The summed E-state index contributed by atoms with van der Waals surface area (Å²) in [6.45, 7) is 3.65. The van der Waals surface area contributed by atoms with E-state index in [0.717, 1.165) is 11.1 Å². The van der Waals surface area contributed by atoms with Crippen LogP contribution in [0.15, 0.2) is 71.0 Å². The Balaban J connectivity index is 1.74. The van der Waals surface area contributed by atoms with Gasteiger partial charge in [-0.25, -0.2) is 4.79 Å². The van der Waals surface area contributed by atoms with Gasteiger partial charge in [0, 0.05) is 20.2 Å². The number of fused-ring (bicyclic) bond motifs is 1. The van der Waals surface area contributed by atoms with Gasteiger partial charge in [-0.1, -0.05) is 24.3 Å². The van der Waals surface area contributed by atoms with Crippen LogP contribution in [0, 0.1) is 0 Å². The van der Waals surface area contributed by atoms with Gasteiger partial charge in [-0.15, -0.1) is 0 Å². The molecule has 0 atom stereocenters. The Morgan fingerprint density at radius 1 is 1.09 bits per heavy atom. The van der Waals surface area contributed by atoms with E-state index in [9.17, 15) is 19.2 Å². The molecule has 0 aliphatic carbocycles. The summed E-state index contributed by atoms with van der Waals surface area (Å²) >= 11 is 0. The number of likely N-dealkylation sites (N-methyl/N-ethyl adjacent to an activating group) is 1. The van der Waals surface area contributed by atoms with Crippen molar-refractivity contribution in [1.29, 1.82) is 0 Å². The van der Waals surface area contributed by atoms with Crippen LogP contribution in [0.3, 0.4) is 0 Å². The predicted molar refractivity (Wildman–Crippen MR) is 123 cm³/mol. The molecule has 0 aromatic heterocycles. The maximum absolute atomic E-state index is 13.3. The van der Waals surface area contributed by atoms with Gasteiger partial charge in [0.15, 0.2) is 0 Å². The van der Waals surface area contributed by atoms with Crippen molar-refractivity contribution >= 4 is 35.6 Å². The van der Waals surface area contributed by atoms with Crippen molar-refractivity contribution in [3.05, 3.63) is 77.1 Å². The number of ketones is 1. The summed E-state index contributed by atoms with van der Waals surface area (Å²) in [5.74, 6) is -1.81. The number of ether oxygens (including phenoxy) is 2. The van der Waals surface area contributed by atoms with Gasteiger partial charge in [0.1, 0.15) is 22.8 Å². The number of rotatable bonds is 4. The number of guanidine groups is 1. The van der Waals surface area contributed by atoms with Crippen molar-refractivity contribution in [2.45, 2.75) is 13.8 Å². The number of esters is 1. The molecular weight excluding hydrogens is 438 g/mol. The highest BCUT2D eigenvalue weighted by molar-refractivity contribution is 6.28. The van der Waals surface area contributed by atoms with E-state index in [1.54, 1.807) is 49.5 Å². The minimum atomic E-state index is -0.898. The number of para-hydroxylation sites is 1. The summed E-state index contributed by atoms with van der Waals surface area (Å²) in [4.78, 5) is 56.9. The maximum Gasteiger partial charge on any atom is 0.349 e. The first-order chi connectivity index (χ1) is 16.3. The predicted octanol–water partition coefficient (Wildman–Crippen LogP) is 2.79. The molecule has 2 aliphatic heterocycles. The van der Waals surface area contributed by atoms with Gasteiger partial charge in [-0.05, 0) is 42.8 Å². The molecule has 1 saturated heterocycles. The van der Waals surface area contributed by atoms with E-state index in [0.29, 0.717) is 17.9 Å². The Hall–Kier alpha value is -4.53. The van der Waals surface area contributed by atoms with E-state index in [-0.39, 0.29) is 28.5 Å². The van der Waals surface area contributed by atoms with Crippen LogP contribution < -0.4 is 9.47 Å². The third kappa shape index (κ3) is 4.23. The molecule has 4 rings (SSSR count). The monoisotopic (exact) mass is 459 g/mol. The lowest BCUT2D eigenvalue weighted by Crippen LogP contribution is -2.33. The third-order valence-corrected chi connectivity index (χ3v) is 5.12. The minimum Gasteiger partial charge on any atom is -0.494 e. The van der Waals surface area contributed by atoms with Gasteiger partial charge in [0.2, 0.25) is 17.6 Å². The van der Waals surface area contributed by atoms with Crippen LogP contribution in [0.5, 0.6) is 11.5 Å². The SMILES string of the molecule is CCOc1ccc(/C=C2/C(=O)N(/C=C3/C(=O)Oc4ccccc4C3=O)C(=NC(C)=O)N2C)cc1. The molecule has 2 aromatic rings. The first-order valence-corrected chi connectivity index (χ1v) is 10.5. The van der Waals surface area contributed by atoms with Crippen LogP contribution in [-0.4, -0.2) is 53.0 Å². The minimum absolute atomic E-state index is 0.0401. The Bertz CT molecular complexity index is 1290. The van der Waals surface area contributed by atoms with Gasteiger partial charge in [0.25, 0.3) is 5.91 Å². The lowest BCUT2D eigenvalue weighted by molar-refractivity contribution is -0.130. The zero-order valence-corrected chi connectivity index (χ0v) is 18.8. The summed E-state index contributed by atoms with van der Waals surface area (Å²) in [5.41, 5.74) is 0.748. The molecule has 0 bridgehead atoms. The second kappa shape index (κ2) is 9.14. The van der Waals surface area contributed by atoms with Crippen LogP contribution in [-0.2, 0) is 14.4 Å². The number of carbonyl (C=O) groups excluding carboxylic acids is 4. The normalized spacial score (nSPS) is 19.1. The van der Waals surface area contributed by atoms with Crippen molar-refractivity contribution < 1.29 is 28.7 Å². The van der Waals surface area contributed by atoms with E-state index in [4.69, 9.17) is 9.47 Å². The van der Waals surface area contributed by atoms with Crippen molar-refractivity contribution in [2.24, 2.45) is 4.99 Å². The number of Topliss-reactive ketones (excluding diaryl/α,β-unsaturated/α-hetero) is 1.